The van der Waals surface area contributed by atoms with Crippen LogP contribution in [0.3, 0.4) is 0 Å². The molecule has 0 fully saturated rings. The number of fused-ring (bicyclic) bond motifs is 1. The number of aromatic nitrogens is 1. The number of phenols is 3. The van der Waals surface area contributed by atoms with E-state index in [1.165, 1.54) is 19.2 Å². The molecule has 1 heterocycles. The Hall–Kier alpha value is -2.95. The Kier molecular flexibility index (Phi) is 3.47. The summed E-state index contributed by atoms with van der Waals surface area (Å²) in [6, 6.07) is 9.98. The minimum Gasteiger partial charge on any atom is -0.504 e. The van der Waals surface area contributed by atoms with Crippen LogP contribution in [0.1, 0.15) is 11.3 Å². The van der Waals surface area contributed by atoms with Gasteiger partial charge in [0.1, 0.15) is 0 Å². The van der Waals surface area contributed by atoms with Gasteiger partial charge in [-0.25, -0.2) is 0 Å². The zero-order chi connectivity index (χ0) is 15.7. The van der Waals surface area contributed by atoms with Crippen LogP contribution in [0.15, 0.2) is 42.6 Å². The van der Waals surface area contributed by atoms with Gasteiger partial charge in [-0.15, -0.1) is 0 Å². The topological polar surface area (TPSA) is 82.8 Å². The predicted octanol–water partition coefficient (Wildman–Crippen LogP) is 2.95. The number of benzene rings is 2. The number of phenolic OH excluding ortho intramolecular Hbond substituents is 3. The third-order valence-corrected chi connectivity index (χ3v) is 3.58. The highest BCUT2D eigenvalue weighted by molar-refractivity contribution is 5.92. The molecule has 0 bridgehead atoms. The van der Waals surface area contributed by atoms with Crippen molar-refractivity contribution in [2.45, 2.75) is 6.42 Å². The van der Waals surface area contributed by atoms with Crippen LogP contribution in [-0.2, 0) is 6.42 Å². The largest absolute Gasteiger partial charge is 0.504 e. The number of hydrogen-bond donors (Lipinski definition) is 3. The Morgan fingerprint density at radius 2 is 1.82 bits per heavy atom. The van der Waals surface area contributed by atoms with E-state index in [2.05, 4.69) is 4.98 Å². The van der Waals surface area contributed by atoms with Crippen molar-refractivity contribution in [1.29, 1.82) is 0 Å². The number of hydrogen-bond acceptors (Lipinski definition) is 5. The van der Waals surface area contributed by atoms with Crippen LogP contribution >= 0.6 is 0 Å². The minimum atomic E-state index is -0.181. The van der Waals surface area contributed by atoms with E-state index in [1.807, 2.05) is 12.1 Å². The predicted molar refractivity (Wildman–Crippen MR) is 82.5 cm³/mol. The molecule has 0 amide bonds. The first kappa shape index (κ1) is 14.0. The summed E-state index contributed by atoms with van der Waals surface area (Å²) in [6.07, 6.45) is 2.08. The highest BCUT2D eigenvalue weighted by Crippen LogP contribution is 2.36. The summed E-state index contributed by atoms with van der Waals surface area (Å²) in [5.74, 6) is 0.0834. The monoisotopic (exact) mass is 297 g/mol. The summed E-state index contributed by atoms with van der Waals surface area (Å²) in [7, 11) is 1.49. The highest BCUT2D eigenvalue weighted by atomic mass is 16.5. The Morgan fingerprint density at radius 1 is 1.00 bits per heavy atom. The molecule has 0 atom stereocenters. The van der Waals surface area contributed by atoms with Crippen LogP contribution in [0.5, 0.6) is 23.0 Å². The molecule has 0 aliphatic heterocycles. The van der Waals surface area contributed by atoms with E-state index in [9.17, 15) is 15.3 Å². The lowest BCUT2D eigenvalue weighted by atomic mass is 10.0. The van der Waals surface area contributed by atoms with Gasteiger partial charge < -0.3 is 20.1 Å². The molecule has 112 valence electrons. The minimum absolute atomic E-state index is 0.0473. The molecule has 3 rings (SSSR count). The molecule has 0 saturated heterocycles. The van der Waals surface area contributed by atoms with Gasteiger partial charge in [0.2, 0.25) is 0 Å². The Bertz CT molecular complexity index is 845. The van der Waals surface area contributed by atoms with Crippen LogP contribution in [0, 0.1) is 0 Å². The van der Waals surface area contributed by atoms with Crippen LogP contribution in [-0.4, -0.2) is 27.4 Å². The Labute approximate surface area is 127 Å². The fourth-order valence-corrected chi connectivity index (χ4v) is 2.47. The first-order chi connectivity index (χ1) is 10.6. The Morgan fingerprint density at radius 3 is 2.55 bits per heavy atom. The quantitative estimate of drug-likeness (QED) is 0.647. The van der Waals surface area contributed by atoms with Gasteiger partial charge in [-0.05, 0) is 35.2 Å². The molecule has 0 radical (unpaired) electrons. The third kappa shape index (κ3) is 2.37. The summed E-state index contributed by atoms with van der Waals surface area (Å²) in [5, 5.41) is 30.8. The summed E-state index contributed by atoms with van der Waals surface area (Å²) >= 11 is 0. The second-order valence-corrected chi connectivity index (χ2v) is 4.97. The molecule has 3 N–H and O–H groups in total. The van der Waals surface area contributed by atoms with E-state index < -0.39 is 0 Å². The van der Waals surface area contributed by atoms with Crippen LogP contribution < -0.4 is 4.74 Å². The van der Waals surface area contributed by atoms with Crippen molar-refractivity contribution in [3.8, 4) is 23.0 Å². The van der Waals surface area contributed by atoms with Gasteiger partial charge in [0, 0.05) is 18.0 Å². The molecule has 0 saturated carbocycles. The lowest BCUT2D eigenvalue weighted by molar-refractivity contribution is 0.376. The first-order valence-electron chi connectivity index (χ1n) is 6.74. The molecular weight excluding hydrogens is 282 g/mol. The van der Waals surface area contributed by atoms with Gasteiger partial charge in [0.15, 0.2) is 23.0 Å². The maximum atomic E-state index is 10.4. The number of nitrogens with zero attached hydrogens (tertiary/aromatic N) is 1. The van der Waals surface area contributed by atoms with Gasteiger partial charge in [0.05, 0.1) is 12.8 Å². The summed E-state index contributed by atoms with van der Waals surface area (Å²) in [6.45, 7) is 0. The number of methoxy groups -OCH3 is 1. The molecule has 0 unspecified atom stereocenters. The van der Waals surface area contributed by atoms with E-state index in [0.717, 1.165) is 10.9 Å². The summed E-state index contributed by atoms with van der Waals surface area (Å²) in [4.78, 5) is 4.33. The fraction of sp³-hybridized carbons (Fsp3) is 0.118. The average molecular weight is 297 g/mol. The van der Waals surface area contributed by atoms with Gasteiger partial charge in [0.25, 0.3) is 0 Å². The van der Waals surface area contributed by atoms with Crippen molar-refractivity contribution in [2.24, 2.45) is 0 Å². The molecular formula is C17H15NO4. The molecule has 0 aliphatic rings. The smallest absolute Gasteiger partial charge is 0.167 e. The maximum absolute atomic E-state index is 10.4. The number of pyridine rings is 1. The molecule has 5 nitrogen and oxygen atoms in total. The molecule has 3 aromatic rings. The zero-order valence-electron chi connectivity index (χ0n) is 11.9. The number of ether oxygens (including phenoxy) is 1. The SMILES string of the molecule is COc1ccc2ccnc(Cc3ccc(O)c(O)c3)c2c1O. The number of rotatable bonds is 3. The van der Waals surface area contributed by atoms with E-state index in [4.69, 9.17) is 4.74 Å². The lowest BCUT2D eigenvalue weighted by Crippen LogP contribution is -1.95. The van der Waals surface area contributed by atoms with Gasteiger partial charge >= 0.3 is 0 Å². The average Bonchev–Trinajstić information content (AvgIpc) is 2.51. The second kappa shape index (κ2) is 5.44. The van der Waals surface area contributed by atoms with Crippen molar-refractivity contribution in [3.63, 3.8) is 0 Å². The normalized spacial score (nSPS) is 10.8. The van der Waals surface area contributed by atoms with E-state index >= 15 is 0 Å². The molecule has 1 aromatic heterocycles. The standard InChI is InChI=1S/C17H15NO4/c1-22-15-5-3-11-6-7-18-12(16(11)17(15)21)8-10-2-4-13(19)14(20)9-10/h2-7,9,19-21H,8H2,1H3. The molecule has 2 aromatic carbocycles. The third-order valence-electron chi connectivity index (χ3n) is 3.58. The second-order valence-electron chi connectivity index (χ2n) is 4.97. The van der Waals surface area contributed by atoms with Crippen molar-refractivity contribution in [1.82, 2.24) is 4.98 Å². The fourth-order valence-electron chi connectivity index (χ4n) is 2.47. The van der Waals surface area contributed by atoms with Crippen LogP contribution in [0.2, 0.25) is 0 Å². The van der Waals surface area contributed by atoms with Gasteiger partial charge in [-0.1, -0.05) is 12.1 Å². The van der Waals surface area contributed by atoms with Crippen molar-refractivity contribution in [2.75, 3.05) is 7.11 Å². The summed E-state index contributed by atoms with van der Waals surface area (Å²) < 4.78 is 5.14. The van der Waals surface area contributed by atoms with E-state index in [0.29, 0.717) is 23.3 Å². The molecule has 5 heteroatoms. The number of aromatic hydroxyl groups is 3. The zero-order valence-corrected chi connectivity index (χ0v) is 11.9. The molecule has 0 spiro atoms. The first-order valence-corrected chi connectivity index (χ1v) is 6.74. The van der Waals surface area contributed by atoms with Crippen molar-refractivity contribution >= 4 is 10.8 Å². The molecule has 0 aliphatic carbocycles. The van der Waals surface area contributed by atoms with E-state index in [1.54, 1.807) is 18.3 Å². The van der Waals surface area contributed by atoms with Gasteiger partial charge in [-0.3, -0.25) is 4.98 Å². The van der Waals surface area contributed by atoms with Gasteiger partial charge in [-0.2, -0.15) is 0 Å². The Balaban J connectivity index is 2.12. The van der Waals surface area contributed by atoms with Crippen LogP contribution in [0.4, 0.5) is 0 Å². The highest BCUT2D eigenvalue weighted by Gasteiger charge is 2.13. The van der Waals surface area contributed by atoms with Crippen molar-refractivity contribution < 1.29 is 20.1 Å². The maximum Gasteiger partial charge on any atom is 0.167 e. The van der Waals surface area contributed by atoms with Crippen LogP contribution in [0.25, 0.3) is 10.8 Å². The lowest BCUT2D eigenvalue weighted by Gasteiger charge is -2.11. The summed E-state index contributed by atoms with van der Waals surface area (Å²) in [5.41, 5.74) is 1.44. The molecule has 22 heavy (non-hydrogen) atoms. The van der Waals surface area contributed by atoms with E-state index in [-0.39, 0.29) is 17.2 Å². The van der Waals surface area contributed by atoms with Crippen molar-refractivity contribution in [3.05, 3.63) is 53.9 Å².